The van der Waals surface area contributed by atoms with E-state index in [9.17, 15) is 0 Å². The molecule has 0 aliphatic rings. The quantitative estimate of drug-likeness (QED) is 0.922. The van der Waals surface area contributed by atoms with E-state index in [0.29, 0.717) is 18.0 Å². The van der Waals surface area contributed by atoms with Crippen LogP contribution < -0.4 is 15.2 Å². The van der Waals surface area contributed by atoms with Crippen molar-refractivity contribution in [3.63, 3.8) is 0 Å². The van der Waals surface area contributed by atoms with Gasteiger partial charge in [0.1, 0.15) is 5.01 Å². The van der Waals surface area contributed by atoms with Gasteiger partial charge in [-0.05, 0) is 25.1 Å². The number of aromatic nitrogens is 1. The molecule has 96 valence electrons. The van der Waals surface area contributed by atoms with E-state index in [4.69, 9.17) is 15.2 Å². The van der Waals surface area contributed by atoms with Crippen LogP contribution in [-0.2, 0) is 6.54 Å². The van der Waals surface area contributed by atoms with E-state index in [0.717, 1.165) is 21.1 Å². The molecule has 0 amide bonds. The Morgan fingerprint density at radius 3 is 2.50 bits per heavy atom. The van der Waals surface area contributed by atoms with Crippen molar-refractivity contribution in [2.24, 2.45) is 5.73 Å². The molecule has 0 fully saturated rings. The van der Waals surface area contributed by atoms with Gasteiger partial charge in [0.05, 0.1) is 19.9 Å². The largest absolute Gasteiger partial charge is 0.493 e. The third kappa shape index (κ3) is 2.32. The van der Waals surface area contributed by atoms with Gasteiger partial charge in [-0.3, -0.25) is 0 Å². The van der Waals surface area contributed by atoms with Crippen LogP contribution in [0.15, 0.2) is 18.2 Å². The lowest BCUT2D eigenvalue weighted by Crippen LogP contribution is -1.94. The molecule has 5 heteroatoms. The maximum absolute atomic E-state index is 5.67. The Balaban J connectivity index is 2.44. The van der Waals surface area contributed by atoms with Crippen LogP contribution in [0.1, 0.15) is 10.6 Å². The zero-order valence-corrected chi connectivity index (χ0v) is 11.5. The first-order chi connectivity index (χ1) is 8.69. The van der Waals surface area contributed by atoms with Crippen molar-refractivity contribution < 1.29 is 9.47 Å². The van der Waals surface area contributed by atoms with Gasteiger partial charge in [-0.25, -0.2) is 4.98 Å². The lowest BCUT2D eigenvalue weighted by Gasteiger charge is -2.08. The molecule has 0 bridgehead atoms. The molecule has 4 nitrogen and oxygen atoms in total. The van der Waals surface area contributed by atoms with Crippen molar-refractivity contribution in [2.45, 2.75) is 13.5 Å². The van der Waals surface area contributed by atoms with Gasteiger partial charge in [0.15, 0.2) is 11.5 Å². The fourth-order valence-corrected chi connectivity index (χ4v) is 2.65. The molecule has 0 aliphatic carbocycles. The van der Waals surface area contributed by atoms with Crippen molar-refractivity contribution >= 4 is 11.3 Å². The van der Waals surface area contributed by atoms with E-state index >= 15 is 0 Å². The molecule has 0 aliphatic heterocycles. The summed E-state index contributed by atoms with van der Waals surface area (Å²) in [6.45, 7) is 2.50. The van der Waals surface area contributed by atoms with Crippen molar-refractivity contribution in [3.05, 3.63) is 28.8 Å². The molecule has 0 atom stereocenters. The number of methoxy groups -OCH3 is 2. The third-order valence-electron chi connectivity index (χ3n) is 2.71. The zero-order chi connectivity index (χ0) is 13.1. The summed E-state index contributed by atoms with van der Waals surface area (Å²) in [6, 6.07) is 5.78. The summed E-state index contributed by atoms with van der Waals surface area (Å²) in [6.07, 6.45) is 0. The molecule has 2 N–H and O–H groups in total. The summed E-state index contributed by atoms with van der Waals surface area (Å²) in [5.74, 6) is 1.42. The maximum atomic E-state index is 5.67. The predicted molar refractivity (Wildman–Crippen MR) is 73.3 cm³/mol. The van der Waals surface area contributed by atoms with E-state index < -0.39 is 0 Å². The van der Waals surface area contributed by atoms with E-state index in [1.54, 1.807) is 25.6 Å². The lowest BCUT2D eigenvalue weighted by atomic mass is 10.2. The van der Waals surface area contributed by atoms with Crippen molar-refractivity contribution in [2.75, 3.05) is 14.2 Å². The number of rotatable bonds is 4. The predicted octanol–water partition coefficient (Wildman–Crippen LogP) is 2.59. The van der Waals surface area contributed by atoms with Crippen LogP contribution in [0.3, 0.4) is 0 Å². The number of benzene rings is 1. The van der Waals surface area contributed by atoms with Crippen molar-refractivity contribution in [1.82, 2.24) is 4.98 Å². The van der Waals surface area contributed by atoms with Gasteiger partial charge < -0.3 is 15.2 Å². The first kappa shape index (κ1) is 12.9. The van der Waals surface area contributed by atoms with Crippen molar-refractivity contribution in [1.29, 1.82) is 0 Å². The number of ether oxygens (including phenoxy) is 2. The Bertz CT molecular complexity index is 552. The monoisotopic (exact) mass is 264 g/mol. The molecule has 0 saturated carbocycles. The minimum Gasteiger partial charge on any atom is -0.493 e. The van der Waals surface area contributed by atoms with Gasteiger partial charge in [-0.1, -0.05) is 0 Å². The molecule has 2 rings (SSSR count). The van der Waals surface area contributed by atoms with E-state index in [2.05, 4.69) is 4.98 Å². The average molecular weight is 264 g/mol. The Hall–Kier alpha value is -1.59. The molecule has 0 saturated heterocycles. The third-order valence-corrected chi connectivity index (χ3v) is 3.94. The number of thiazole rings is 1. The molecule has 0 spiro atoms. The summed E-state index contributed by atoms with van der Waals surface area (Å²) in [7, 11) is 3.25. The highest BCUT2D eigenvalue weighted by atomic mass is 32.1. The minimum atomic E-state index is 0.525. The van der Waals surface area contributed by atoms with Crippen LogP contribution in [-0.4, -0.2) is 19.2 Å². The van der Waals surface area contributed by atoms with Gasteiger partial charge >= 0.3 is 0 Å². The number of hydrogen-bond donors (Lipinski definition) is 1. The minimum absolute atomic E-state index is 0.525. The normalized spacial score (nSPS) is 10.4. The lowest BCUT2D eigenvalue weighted by molar-refractivity contribution is 0.355. The number of hydrogen-bond acceptors (Lipinski definition) is 5. The van der Waals surface area contributed by atoms with Crippen LogP contribution in [0.5, 0.6) is 11.5 Å². The van der Waals surface area contributed by atoms with Gasteiger partial charge in [-0.2, -0.15) is 0 Å². The molecule has 1 aromatic carbocycles. The van der Waals surface area contributed by atoms with Gasteiger partial charge in [0.2, 0.25) is 0 Å². The molecule has 1 heterocycles. The number of aryl methyl sites for hydroxylation is 1. The Labute approximate surface area is 110 Å². The summed E-state index contributed by atoms with van der Waals surface area (Å²) < 4.78 is 10.5. The Morgan fingerprint density at radius 2 is 1.94 bits per heavy atom. The van der Waals surface area contributed by atoms with E-state index in [1.807, 2.05) is 25.1 Å². The van der Waals surface area contributed by atoms with Gasteiger partial charge in [0.25, 0.3) is 0 Å². The van der Waals surface area contributed by atoms with E-state index in [1.165, 1.54) is 0 Å². The van der Waals surface area contributed by atoms with Crippen LogP contribution >= 0.6 is 11.3 Å². The Morgan fingerprint density at radius 1 is 1.22 bits per heavy atom. The first-order valence-electron chi connectivity index (χ1n) is 5.58. The van der Waals surface area contributed by atoms with Crippen LogP contribution in [0.2, 0.25) is 0 Å². The second-order valence-electron chi connectivity index (χ2n) is 3.80. The summed E-state index contributed by atoms with van der Waals surface area (Å²) in [5.41, 5.74) is 7.68. The molecule has 1 aromatic heterocycles. The topological polar surface area (TPSA) is 57.4 Å². The first-order valence-corrected chi connectivity index (χ1v) is 6.40. The highest BCUT2D eigenvalue weighted by Gasteiger charge is 2.11. The highest BCUT2D eigenvalue weighted by molar-refractivity contribution is 7.15. The summed E-state index contributed by atoms with van der Waals surface area (Å²) >= 11 is 1.61. The average Bonchev–Trinajstić information content (AvgIpc) is 2.79. The second kappa shape index (κ2) is 5.37. The van der Waals surface area contributed by atoms with Crippen LogP contribution in [0, 0.1) is 6.92 Å². The summed E-state index contributed by atoms with van der Waals surface area (Å²) in [4.78, 5) is 5.64. The van der Waals surface area contributed by atoms with Crippen LogP contribution in [0.25, 0.3) is 10.6 Å². The highest BCUT2D eigenvalue weighted by Crippen LogP contribution is 2.34. The van der Waals surface area contributed by atoms with Gasteiger partial charge in [0, 0.05) is 17.0 Å². The molecule has 18 heavy (non-hydrogen) atoms. The number of nitrogens with two attached hydrogens (primary N) is 1. The molecular weight excluding hydrogens is 248 g/mol. The SMILES string of the molecule is COc1ccc(-c2nc(C)c(CN)s2)cc1OC. The molecule has 2 aromatic rings. The zero-order valence-electron chi connectivity index (χ0n) is 10.7. The standard InChI is InChI=1S/C13H16N2O2S/c1-8-12(7-14)18-13(15-8)9-4-5-10(16-2)11(6-9)17-3/h4-6H,7,14H2,1-3H3. The second-order valence-corrected chi connectivity index (χ2v) is 4.89. The van der Waals surface area contributed by atoms with Crippen molar-refractivity contribution in [3.8, 4) is 22.1 Å². The maximum Gasteiger partial charge on any atom is 0.161 e. The smallest absolute Gasteiger partial charge is 0.161 e. The van der Waals surface area contributed by atoms with Gasteiger partial charge in [-0.15, -0.1) is 11.3 Å². The fourth-order valence-electron chi connectivity index (χ4n) is 1.71. The number of nitrogens with zero attached hydrogens (tertiary/aromatic N) is 1. The van der Waals surface area contributed by atoms with E-state index in [-0.39, 0.29) is 0 Å². The fraction of sp³-hybridized carbons (Fsp3) is 0.308. The molecule has 0 radical (unpaired) electrons. The molecular formula is C13H16N2O2S. The Kier molecular flexibility index (Phi) is 3.84. The molecule has 0 unspecified atom stereocenters. The summed E-state index contributed by atoms with van der Waals surface area (Å²) in [5, 5.41) is 0.953. The van der Waals surface area contributed by atoms with Crippen LogP contribution in [0.4, 0.5) is 0 Å².